The second kappa shape index (κ2) is 7.03. The topological polar surface area (TPSA) is 24.5 Å². The van der Waals surface area contributed by atoms with Gasteiger partial charge in [-0.15, -0.1) is 0 Å². The van der Waals surface area contributed by atoms with Crippen LogP contribution < -0.4 is 10.2 Å². The molecule has 0 amide bonds. The van der Waals surface area contributed by atoms with Crippen molar-refractivity contribution in [2.24, 2.45) is 0 Å². The predicted octanol–water partition coefficient (Wildman–Crippen LogP) is 4.10. The molecule has 0 saturated carbocycles. The van der Waals surface area contributed by atoms with Gasteiger partial charge in [0.2, 0.25) is 0 Å². The SMILES string of the molecule is Cc1ccc(CNc2cc(Cl)ccc2N2CCOCC2)cc1. The summed E-state index contributed by atoms with van der Waals surface area (Å²) in [4.78, 5) is 2.34. The number of nitrogens with zero attached hydrogens (tertiary/aromatic N) is 1. The highest BCUT2D eigenvalue weighted by Crippen LogP contribution is 2.30. The van der Waals surface area contributed by atoms with E-state index >= 15 is 0 Å². The number of hydrogen-bond donors (Lipinski definition) is 1. The summed E-state index contributed by atoms with van der Waals surface area (Å²) in [6, 6.07) is 14.6. The average molecular weight is 317 g/mol. The molecule has 22 heavy (non-hydrogen) atoms. The van der Waals surface area contributed by atoms with E-state index in [1.165, 1.54) is 16.8 Å². The van der Waals surface area contributed by atoms with Gasteiger partial charge in [-0.1, -0.05) is 41.4 Å². The van der Waals surface area contributed by atoms with Crippen LogP contribution in [0.1, 0.15) is 11.1 Å². The van der Waals surface area contributed by atoms with Crippen molar-refractivity contribution < 1.29 is 4.74 Å². The van der Waals surface area contributed by atoms with E-state index in [0.29, 0.717) is 0 Å². The lowest BCUT2D eigenvalue weighted by atomic mass is 10.1. The lowest BCUT2D eigenvalue weighted by Crippen LogP contribution is -2.36. The number of morpholine rings is 1. The van der Waals surface area contributed by atoms with Crippen molar-refractivity contribution in [1.82, 2.24) is 0 Å². The van der Waals surface area contributed by atoms with E-state index in [9.17, 15) is 0 Å². The summed E-state index contributed by atoms with van der Waals surface area (Å²) >= 11 is 6.18. The quantitative estimate of drug-likeness (QED) is 0.919. The van der Waals surface area contributed by atoms with Gasteiger partial charge in [0, 0.05) is 24.7 Å². The van der Waals surface area contributed by atoms with Gasteiger partial charge in [0.15, 0.2) is 0 Å². The van der Waals surface area contributed by atoms with Crippen LogP contribution in [-0.2, 0) is 11.3 Å². The maximum atomic E-state index is 6.18. The van der Waals surface area contributed by atoms with E-state index < -0.39 is 0 Å². The highest BCUT2D eigenvalue weighted by molar-refractivity contribution is 6.31. The third-order valence-corrected chi connectivity index (χ3v) is 4.15. The van der Waals surface area contributed by atoms with Crippen LogP contribution in [-0.4, -0.2) is 26.3 Å². The predicted molar refractivity (Wildman–Crippen MR) is 93.0 cm³/mol. The monoisotopic (exact) mass is 316 g/mol. The van der Waals surface area contributed by atoms with Crippen LogP contribution in [0.3, 0.4) is 0 Å². The van der Waals surface area contributed by atoms with Crippen molar-refractivity contribution in [2.75, 3.05) is 36.5 Å². The average Bonchev–Trinajstić information content (AvgIpc) is 2.55. The van der Waals surface area contributed by atoms with Gasteiger partial charge in [-0.2, -0.15) is 0 Å². The molecular formula is C18H21ClN2O. The third kappa shape index (κ3) is 3.73. The summed E-state index contributed by atoms with van der Waals surface area (Å²) in [5, 5.41) is 4.27. The molecule has 3 rings (SSSR count). The van der Waals surface area contributed by atoms with Crippen molar-refractivity contribution in [2.45, 2.75) is 13.5 Å². The first-order chi connectivity index (χ1) is 10.7. The van der Waals surface area contributed by atoms with E-state index in [1.807, 2.05) is 12.1 Å². The van der Waals surface area contributed by atoms with Gasteiger partial charge in [-0.25, -0.2) is 0 Å². The molecule has 116 valence electrons. The molecule has 1 aliphatic heterocycles. The van der Waals surface area contributed by atoms with E-state index in [2.05, 4.69) is 47.5 Å². The summed E-state index contributed by atoms with van der Waals surface area (Å²) in [6.07, 6.45) is 0. The summed E-state index contributed by atoms with van der Waals surface area (Å²) in [5.41, 5.74) is 4.81. The summed E-state index contributed by atoms with van der Waals surface area (Å²) in [5.74, 6) is 0. The first-order valence-corrected chi connectivity index (χ1v) is 8.02. The first-order valence-electron chi connectivity index (χ1n) is 7.64. The van der Waals surface area contributed by atoms with Crippen LogP contribution in [0.15, 0.2) is 42.5 Å². The fraction of sp³-hybridized carbons (Fsp3) is 0.333. The molecule has 1 saturated heterocycles. The molecule has 0 unspecified atom stereocenters. The standard InChI is InChI=1S/C18H21ClN2O/c1-14-2-4-15(5-3-14)13-20-17-12-16(19)6-7-18(17)21-8-10-22-11-9-21/h2-7,12,20H,8-11,13H2,1H3. The van der Waals surface area contributed by atoms with Gasteiger partial charge >= 0.3 is 0 Å². The Bertz CT molecular complexity index is 621. The Labute approximate surface area is 136 Å². The maximum absolute atomic E-state index is 6.18. The normalized spacial score (nSPS) is 14.9. The Balaban J connectivity index is 1.76. The van der Waals surface area contributed by atoms with Gasteiger partial charge in [0.05, 0.1) is 24.6 Å². The number of nitrogens with one attached hydrogen (secondary N) is 1. The molecule has 1 aliphatic rings. The summed E-state index contributed by atoms with van der Waals surface area (Å²) in [6.45, 7) is 6.28. The number of benzene rings is 2. The lowest BCUT2D eigenvalue weighted by Gasteiger charge is -2.30. The molecule has 2 aromatic carbocycles. The zero-order valence-corrected chi connectivity index (χ0v) is 13.6. The van der Waals surface area contributed by atoms with E-state index in [1.54, 1.807) is 0 Å². The second-order valence-electron chi connectivity index (χ2n) is 5.60. The fourth-order valence-corrected chi connectivity index (χ4v) is 2.81. The second-order valence-corrected chi connectivity index (χ2v) is 6.04. The Hall–Kier alpha value is -1.71. The highest BCUT2D eigenvalue weighted by Gasteiger charge is 2.15. The highest BCUT2D eigenvalue weighted by atomic mass is 35.5. The van der Waals surface area contributed by atoms with Gasteiger partial charge in [-0.05, 0) is 30.7 Å². The van der Waals surface area contributed by atoms with Gasteiger partial charge in [0.25, 0.3) is 0 Å². The van der Waals surface area contributed by atoms with E-state index in [-0.39, 0.29) is 0 Å². The molecule has 0 bridgehead atoms. The smallest absolute Gasteiger partial charge is 0.0642 e. The van der Waals surface area contributed by atoms with Crippen LogP contribution in [0.2, 0.25) is 5.02 Å². The van der Waals surface area contributed by atoms with Gasteiger partial charge in [0.1, 0.15) is 0 Å². The molecule has 0 spiro atoms. The molecule has 1 fully saturated rings. The zero-order valence-electron chi connectivity index (χ0n) is 12.8. The molecule has 0 radical (unpaired) electrons. The van der Waals surface area contributed by atoms with Gasteiger partial charge in [-0.3, -0.25) is 0 Å². The van der Waals surface area contributed by atoms with Crippen molar-refractivity contribution in [1.29, 1.82) is 0 Å². The van der Waals surface area contributed by atoms with Gasteiger partial charge < -0.3 is 15.0 Å². The largest absolute Gasteiger partial charge is 0.379 e. The molecule has 0 atom stereocenters. The zero-order chi connectivity index (χ0) is 15.4. The van der Waals surface area contributed by atoms with Crippen molar-refractivity contribution >= 4 is 23.0 Å². The number of halogens is 1. The van der Waals surface area contributed by atoms with E-state index in [4.69, 9.17) is 16.3 Å². The number of anilines is 2. The van der Waals surface area contributed by atoms with Crippen molar-refractivity contribution in [3.8, 4) is 0 Å². The third-order valence-electron chi connectivity index (χ3n) is 3.91. The molecule has 0 aromatic heterocycles. The van der Waals surface area contributed by atoms with Crippen LogP contribution >= 0.6 is 11.6 Å². The molecule has 2 aromatic rings. The minimum Gasteiger partial charge on any atom is -0.379 e. The minimum atomic E-state index is 0.753. The first kappa shape index (κ1) is 15.2. The lowest BCUT2D eigenvalue weighted by molar-refractivity contribution is 0.123. The number of aryl methyl sites for hydroxylation is 1. The Morgan fingerprint density at radius 1 is 1.09 bits per heavy atom. The molecule has 1 N–H and O–H groups in total. The van der Waals surface area contributed by atoms with Crippen LogP contribution in [0.25, 0.3) is 0 Å². The maximum Gasteiger partial charge on any atom is 0.0642 e. The number of ether oxygens (including phenoxy) is 1. The number of rotatable bonds is 4. The Kier molecular flexibility index (Phi) is 4.86. The van der Waals surface area contributed by atoms with Crippen LogP contribution in [0.4, 0.5) is 11.4 Å². The van der Waals surface area contributed by atoms with Crippen LogP contribution in [0, 0.1) is 6.92 Å². The van der Waals surface area contributed by atoms with Crippen molar-refractivity contribution in [3.05, 3.63) is 58.6 Å². The number of hydrogen-bond acceptors (Lipinski definition) is 3. The van der Waals surface area contributed by atoms with E-state index in [0.717, 1.165) is 43.6 Å². The van der Waals surface area contributed by atoms with Crippen molar-refractivity contribution in [3.63, 3.8) is 0 Å². The Morgan fingerprint density at radius 3 is 2.55 bits per heavy atom. The fourth-order valence-electron chi connectivity index (χ4n) is 2.63. The molecular weight excluding hydrogens is 296 g/mol. The minimum absolute atomic E-state index is 0.753. The molecule has 4 heteroatoms. The molecule has 0 aliphatic carbocycles. The molecule has 1 heterocycles. The summed E-state index contributed by atoms with van der Waals surface area (Å²) < 4.78 is 5.44. The van der Waals surface area contributed by atoms with Crippen LogP contribution in [0.5, 0.6) is 0 Å². The Morgan fingerprint density at radius 2 is 1.82 bits per heavy atom. The summed E-state index contributed by atoms with van der Waals surface area (Å²) in [7, 11) is 0. The molecule has 3 nitrogen and oxygen atoms in total.